The van der Waals surface area contributed by atoms with Crippen LogP contribution in [-0.4, -0.2) is 19.0 Å². The number of anilines is 1. The van der Waals surface area contributed by atoms with Crippen molar-refractivity contribution in [3.8, 4) is 0 Å². The van der Waals surface area contributed by atoms with E-state index in [0.717, 1.165) is 29.4 Å². The molecule has 2 aromatic rings. The van der Waals surface area contributed by atoms with Crippen molar-refractivity contribution in [1.82, 2.24) is 0 Å². The third-order valence-electron chi connectivity index (χ3n) is 3.83. The Morgan fingerprint density at radius 3 is 2.85 bits per heavy atom. The first kappa shape index (κ1) is 13.2. The highest BCUT2D eigenvalue weighted by Gasteiger charge is 2.28. The molecule has 0 saturated carbocycles. The number of benzene rings is 2. The van der Waals surface area contributed by atoms with Gasteiger partial charge in [-0.25, -0.2) is 4.39 Å². The monoisotopic (exact) mass is 292 g/mol. The highest BCUT2D eigenvalue weighted by molar-refractivity contribution is 6.38. The molecule has 1 atom stereocenters. The first-order chi connectivity index (χ1) is 9.56. The van der Waals surface area contributed by atoms with Crippen LogP contribution in [0.3, 0.4) is 0 Å². The summed E-state index contributed by atoms with van der Waals surface area (Å²) in [6.07, 6.45) is 0.743. The Morgan fingerprint density at radius 1 is 1.35 bits per heavy atom. The molecule has 104 valence electrons. The van der Waals surface area contributed by atoms with E-state index in [1.165, 1.54) is 12.1 Å². The summed E-state index contributed by atoms with van der Waals surface area (Å²) in [5, 5.41) is 2.17. The molecule has 1 aliphatic rings. The van der Waals surface area contributed by atoms with Crippen molar-refractivity contribution in [2.45, 2.75) is 6.42 Å². The number of hydrogen-bond acceptors (Lipinski definition) is 2. The van der Waals surface area contributed by atoms with Crippen LogP contribution >= 0.6 is 11.6 Å². The Kier molecular flexibility index (Phi) is 3.26. The molecule has 1 amide bonds. The van der Waals surface area contributed by atoms with Crippen LogP contribution in [0.5, 0.6) is 0 Å². The van der Waals surface area contributed by atoms with E-state index in [2.05, 4.69) is 4.90 Å². The Morgan fingerprint density at radius 2 is 2.15 bits per heavy atom. The highest BCUT2D eigenvalue weighted by atomic mass is 35.5. The quantitative estimate of drug-likeness (QED) is 0.925. The molecule has 2 aromatic carbocycles. The van der Waals surface area contributed by atoms with Crippen LogP contribution in [0.15, 0.2) is 30.3 Å². The van der Waals surface area contributed by atoms with Crippen molar-refractivity contribution < 1.29 is 9.18 Å². The molecular formula is C15H14ClFN2O. The second-order valence-corrected chi connectivity index (χ2v) is 5.48. The van der Waals surface area contributed by atoms with Gasteiger partial charge < -0.3 is 10.6 Å². The molecule has 1 heterocycles. The predicted octanol–water partition coefficient (Wildman–Crippen LogP) is 2.94. The number of rotatable bonds is 2. The van der Waals surface area contributed by atoms with E-state index in [4.69, 9.17) is 17.3 Å². The molecule has 0 aromatic heterocycles. The zero-order chi connectivity index (χ0) is 14.3. The Balaban J connectivity index is 1.99. The maximum absolute atomic E-state index is 13.2. The lowest BCUT2D eigenvalue weighted by Crippen LogP contribution is -2.27. The fraction of sp³-hybridized carbons (Fsp3) is 0.267. The molecule has 0 spiro atoms. The van der Waals surface area contributed by atoms with E-state index in [-0.39, 0.29) is 17.6 Å². The minimum Gasteiger partial charge on any atom is -0.369 e. The normalized spacial score (nSPS) is 18.7. The van der Waals surface area contributed by atoms with E-state index in [9.17, 15) is 9.18 Å². The van der Waals surface area contributed by atoms with Crippen molar-refractivity contribution in [2.24, 2.45) is 11.7 Å². The zero-order valence-corrected chi connectivity index (χ0v) is 11.5. The minimum absolute atomic E-state index is 0.130. The second kappa shape index (κ2) is 4.94. The number of hydrogen-bond donors (Lipinski definition) is 1. The molecule has 0 radical (unpaired) electrons. The molecule has 3 rings (SSSR count). The summed E-state index contributed by atoms with van der Waals surface area (Å²) in [5.41, 5.74) is 6.21. The third kappa shape index (κ3) is 2.20. The number of amides is 1. The van der Waals surface area contributed by atoms with Gasteiger partial charge in [0.05, 0.1) is 16.6 Å². The molecule has 0 aliphatic carbocycles. The number of carbonyl (C=O) groups is 1. The van der Waals surface area contributed by atoms with E-state index in [1.54, 1.807) is 6.07 Å². The molecule has 5 heteroatoms. The average molecular weight is 293 g/mol. The van der Waals surface area contributed by atoms with Gasteiger partial charge in [-0.3, -0.25) is 4.79 Å². The Hall–Kier alpha value is -1.81. The van der Waals surface area contributed by atoms with Gasteiger partial charge >= 0.3 is 0 Å². The van der Waals surface area contributed by atoms with Gasteiger partial charge in [-0.1, -0.05) is 17.7 Å². The van der Waals surface area contributed by atoms with Crippen molar-refractivity contribution >= 4 is 34.0 Å². The van der Waals surface area contributed by atoms with Crippen molar-refractivity contribution in [3.05, 3.63) is 41.2 Å². The topological polar surface area (TPSA) is 46.3 Å². The molecular weight excluding hydrogens is 279 g/mol. The van der Waals surface area contributed by atoms with E-state index < -0.39 is 0 Å². The SMILES string of the molecule is NC(=O)[C@@H]1CCN(c2ccc3cc(F)ccc3c2Cl)C1. The number of nitrogens with zero attached hydrogens (tertiary/aromatic N) is 1. The summed E-state index contributed by atoms with van der Waals surface area (Å²) in [7, 11) is 0. The fourth-order valence-electron chi connectivity index (χ4n) is 2.71. The van der Waals surface area contributed by atoms with Crippen LogP contribution in [0.2, 0.25) is 5.02 Å². The first-order valence-electron chi connectivity index (χ1n) is 6.48. The van der Waals surface area contributed by atoms with Gasteiger partial charge in [0.15, 0.2) is 0 Å². The number of primary amides is 1. The van der Waals surface area contributed by atoms with Gasteiger partial charge in [0.1, 0.15) is 5.82 Å². The van der Waals surface area contributed by atoms with Crippen LogP contribution < -0.4 is 10.6 Å². The van der Waals surface area contributed by atoms with Crippen LogP contribution in [0.25, 0.3) is 10.8 Å². The first-order valence-corrected chi connectivity index (χ1v) is 6.86. The van der Waals surface area contributed by atoms with Gasteiger partial charge in [0, 0.05) is 18.5 Å². The fourth-order valence-corrected chi connectivity index (χ4v) is 3.06. The summed E-state index contributed by atoms with van der Waals surface area (Å²) in [4.78, 5) is 13.3. The summed E-state index contributed by atoms with van der Waals surface area (Å²) >= 11 is 6.42. The molecule has 3 nitrogen and oxygen atoms in total. The summed E-state index contributed by atoms with van der Waals surface area (Å²) in [6, 6.07) is 8.25. The maximum Gasteiger partial charge on any atom is 0.222 e. The summed E-state index contributed by atoms with van der Waals surface area (Å²) < 4.78 is 13.2. The molecule has 0 unspecified atom stereocenters. The molecule has 0 bridgehead atoms. The lowest BCUT2D eigenvalue weighted by Gasteiger charge is -2.20. The molecule has 20 heavy (non-hydrogen) atoms. The van der Waals surface area contributed by atoms with Gasteiger partial charge in [0.2, 0.25) is 5.91 Å². The second-order valence-electron chi connectivity index (χ2n) is 5.10. The van der Waals surface area contributed by atoms with Crippen molar-refractivity contribution in [2.75, 3.05) is 18.0 Å². The highest BCUT2D eigenvalue weighted by Crippen LogP contribution is 2.36. The Labute approximate surface area is 121 Å². The van der Waals surface area contributed by atoms with E-state index in [0.29, 0.717) is 11.6 Å². The number of fused-ring (bicyclic) bond motifs is 1. The molecule has 1 aliphatic heterocycles. The van der Waals surface area contributed by atoms with Crippen molar-refractivity contribution in [1.29, 1.82) is 0 Å². The third-order valence-corrected chi connectivity index (χ3v) is 4.22. The maximum atomic E-state index is 13.2. The summed E-state index contributed by atoms with van der Waals surface area (Å²) in [6.45, 7) is 1.34. The molecule has 1 fully saturated rings. The van der Waals surface area contributed by atoms with Crippen molar-refractivity contribution in [3.63, 3.8) is 0 Å². The van der Waals surface area contributed by atoms with Crippen LogP contribution in [0, 0.1) is 11.7 Å². The molecule has 1 saturated heterocycles. The largest absolute Gasteiger partial charge is 0.369 e. The summed E-state index contributed by atoms with van der Waals surface area (Å²) in [5.74, 6) is -0.683. The van der Waals surface area contributed by atoms with Crippen LogP contribution in [-0.2, 0) is 4.79 Å². The van der Waals surface area contributed by atoms with Gasteiger partial charge in [0.25, 0.3) is 0 Å². The smallest absolute Gasteiger partial charge is 0.222 e. The van der Waals surface area contributed by atoms with Gasteiger partial charge in [-0.15, -0.1) is 0 Å². The van der Waals surface area contributed by atoms with E-state index >= 15 is 0 Å². The zero-order valence-electron chi connectivity index (χ0n) is 10.8. The van der Waals surface area contributed by atoms with Crippen LogP contribution in [0.1, 0.15) is 6.42 Å². The lowest BCUT2D eigenvalue weighted by molar-refractivity contribution is -0.121. The van der Waals surface area contributed by atoms with Gasteiger partial charge in [-0.2, -0.15) is 0 Å². The molecule has 2 N–H and O–H groups in total. The number of carbonyl (C=O) groups excluding carboxylic acids is 1. The van der Waals surface area contributed by atoms with Crippen LogP contribution in [0.4, 0.5) is 10.1 Å². The average Bonchev–Trinajstić information content (AvgIpc) is 2.88. The van der Waals surface area contributed by atoms with Gasteiger partial charge in [-0.05, 0) is 36.1 Å². The lowest BCUT2D eigenvalue weighted by atomic mass is 10.1. The number of nitrogens with two attached hydrogens (primary N) is 1. The minimum atomic E-state index is -0.281. The van der Waals surface area contributed by atoms with E-state index in [1.807, 2.05) is 12.1 Å². The Bertz CT molecular complexity index is 689. The number of halogens is 2. The standard InChI is InChI=1S/C15H14ClFN2O/c16-14-12-3-2-11(17)7-9(12)1-4-13(14)19-6-5-10(8-19)15(18)20/h1-4,7,10H,5-6,8H2,(H2,18,20)/t10-/m1/s1. The predicted molar refractivity (Wildman–Crippen MR) is 78.4 cm³/mol.